The van der Waals surface area contributed by atoms with Gasteiger partial charge in [-0.2, -0.15) is 0 Å². The second-order valence-corrected chi connectivity index (χ2v) is 3.23. The van der Waals surface area contributed by atoms with E-state index < -0.39 is 0 Å². The maximum Gasteiger partial charge on any atom is -0.0313 e. The highest BCUT2D eigenvalue weighted by Gasteiger charge is 1.82. The lowest BCUT2D eigenvalue weighted by molar-refractivity contribution is 0.997. The second kappa shape index (κ2) is 6.90. The minimum atomic E-state index is 1.13. The molecule has 0 nitrogen and oxygen atoms in total. The van der Waals surface area contributed by atoms with E-state index in [1.165, 1.54) is 12.0 Å². The largest absolute Gasteiger partial charge is 0.0961 e. The summed E-state index contributed by atoms with van der Waals surface area (Å²) >= 11 is 0. The van der Waals surface area contributed by atoms with E-state index in [0.717, 1.165) is 18.4 Å². The summed E-state index contributed by atoms with van der Waals surface area (Å²) in [5, 5.41) is 0. The average Bonchev–Trinajstić information content (AvgIpc) is 2.03. The Balaban J connectivity index is 3.51. The monoisotopic (exact) mass is 164 g/mol. The quantitative estimate of drug-likeness (QED) is 0.323. The lowest BCUT2D eigenvalue weighted by Crippen LogP contribution is -1.72. The van der Waals surface area contributed by atoms with Gasteiger partial charge in [0, 0.05) is 0 Å². The Morgan fingerprint density at radius 3 is 2.42 bits per heavy atom. The Kier molecular flexibility index (Phi) is 6.45. The summed E-state index contributed by atoms with van der Waals surface area (Å²) in [4.78, 5) is 0. The van der Waals surface area contributed by atoms with E-state index in [1.807, 2.05) is 6.92 Å². The van der Waals surface area contributed by atoms with Crippen LogP contribution < -0.4 is 0 Å². The number of unbranched alkanes of at least 4 members (excludes halogenated alkanes) is 1. The normalized spacial score (nSPS) is 12.4. The Bertz CT molecular complexity index is 182. The van der Waals surface area contributed by atoms with E-state index in [1.54, 1.807) is 0 Å². The summed E-state index contributed by atoms with van der Waals surface area (Å²) in [5.41, 5.74) is 2.62. The summed E-state index contributed by atoms with van der Waals surface area (Å²) in [6.07, 6.45) is 10.0. The molecule has 0 radical (unpaired) electrons. The van der Waals surface area contributed by atoms with Crippen LogP contribution in [-0.4, -0.2) is 0 Å². The topological polar surface area (TPSA) is 0 Å². The van der Waals surface area contributed by atoms with Gasteiger partial charge in [-0.25, -0.2) is 0 Å². The molecule has 0 aromatic heterocycles. The second-order valence-electron chi connectivity index (χ2n) is 3.23. The number of rotatable bonds is 5. The Morgan fingerprint density at radius 1 is 1.25 bits per heavy atom. The van der Waals surface area contributed by atoms with Gasteiger partial charge < -0.3 is 0 Å². The van der Waals surface area contributed by atoms with E-state index in [0.29, 0.717) is 0 Å². The minimum Gasteiger partial charge on any atom is -0.0961 e. The fraction of sp³-hybridized carbons (Fsp3) is 0.500. The molecule has 0 N–H and O–H groups in total. The molecule has 0 aliphatic rings. The third-order valence-corrected chi connectivity index (χ3v) is 1.79. The molecular formula is C12H20. The highest BCUT2D eigenvalue weighted by molar-refractivity contribution is 5.11. The van der Waals surface area contributed by atoms with E-state index in [4.69, 9.17) is 0 Å². The van der Waals surface area contributed by atoms with Crippen molar-refractivity contribution in [3.8, 4) is 0 Å². The van der Waals surface area contributed by atoms with E-state index >= 15 is 0 Å². The van der Waals surface area contributed by atoms with Crippen molar-refractivity contribution in [3.63, 3.8) is 0 Å². The van der Waals surface area contributed by atoms with Crippen LogP contribution in [0.25, 0.3) is 0 Å². The van der Waals surface area contributed by atoms with Gasteiger partial charge in [-0.1, -0.05) is 42.9 Å². The molecule has 0 aliphatic carbocycles. The van der Waals surface area contributed by atoms with Crippen LogP contribution in [0.1, 0.15) is 40.0 Å². The lowest BCUT2D eigenvalue weighted by atomic mass is 10.1. The molecule has 0 fully saturated rings. The molecule has 0 amide bonds. The predicted octanol–water partition coefficient (Wildman–Crippen LogP) is 4.26. The van der Waals surface area contributed by atoms with Gasteiger partial charge >= 0.3 is 0 Å². The van der Waals surface area contributed by atoms with Crippen LogP contribution in [0, 0.1) is 0 Å². The molecule has 0 rings (SSSR count). The summed E-state index contributed by atoms with van der Waals surface area (Å²) in [6.45, 7) is 10.2. The molecule has 0 atom stereocenters. The molecule has 0 aromatic rings. The molecule has 68 valence electrons. The first kappa shape index (κ1) is 11.2. The standard InChI is InChI=1S/C12H20/c1-5-12(4)10-8-6-7-9-11(2)3/h7,9-10H,2,5-6,8H2,1,3-4H3. The molecule has 0 heteroatoms. The van der Waals surface area contributed by atoms with Crippen molar-refractivity contribution >= 4 is 0 Å². The van der Waals surface area contributed by atoms with Crippen LogP contribution in [0.3, 0.4) is 0 Å². The highest BCUT2D eigenvalue weighted by atomic mass is 13.9. The molecule has 12 heavy (non-hydrogen) atoms. The summed E-state index contributed by atoms with van der Waals surface area (Å²) in [6, 6.07) is 0. The first-order valence-electron chi connectivity index (χ1n) is 4.64. The number of hydrogen-bond donors (Lipinski definition) is 0. The summed E-state index contributed by atoms with van der Waals surface area (Å²) in [5.74, 6) is 0. The van der Waals surface area contributed by atoms with Gasteiger partial charge in [0.1, 0.15) is 0 Å². The van der Waals surface area contributed by atoms with Crippen molar-refractivity contribution in [2.75, 3.05) is 0 Å². The zero-order chi connectivity index (χ0) is 9.40. The van der Waals surface area contributed by atoms with Crippen molar-refractivity contribution < 1.29 is 0 Å². The van der Waals surface area contributed by atoms with Crippen LogP contribution in [0.4, 0.5) is 0 Å². The van der Waals surface area contributed by atoms with Gasteiger partial charge in [0.25, 0.3) is 0 Å². The molecular weight excluding hydrogens is 144 g/mol. The van der Waals surface area contributed by atoms with Gasteiger partial charge in [0.05, 0.1) is 0 Å². The van der Waals surface area contributed by atoms with Crippen molar-refractivity contribution in [3.05, 3.63) is 36.0 Å². The maximum absolute atomic E-state index is 3.80. The minimum absolute atomic E-state index is 1.13. The first-order chi connectivity index (χ1) is 5.66. The fourth-order valence-corrected chi connectivity index (χ4v) is 0.855. The van der Waals surface area contributed by atoms with E-state index in [9.17, 15) is 0 Å². The molecule has 0 aromatic carbocycles. The highest BCUT2D eigenvalue weighted by Crippen LogP contribution is 2.03. The Morgan fingerprint density at radius 2 is 1.92 bits per heavy atom. The smallest absolute Gasteiger partial charge is 0.0313 e. The van der Waals surface area contributed by atoms with E-state index in [-0.39, 0.29) is 0 Å². The average molecular weight is 164 g/mol. The van der Waals surface area contributed by atoms with Crippen LogP contribution in [0.2, 0.25) is 0 Å². The van der Waals surface area contributed by atoms with Crippen molar-refractivity contribution in [1.29, 1.82) is 0 Å². The van der Waals surface area contributed by atoms with Gasteiger partial charge in [0.2, 0.25) is 0 Å². The Labute approximate surface area is 76.7 Å². The lowest BCUT2D eigenvalue weighted by Gasteiger charge is -1.93. The first-order valence-corrected chi connectivity index (χ1v) is 4.64. The number of hydrogen-bond acceptors (Lipinski definition) is 0. The SMILES string of the molecule is C=C(C)C=CCCC=C(C)CC. The van der Waals surface area contributed by atoms with E-state index in [2.05, 4.69) is 38.7 Å². The molecule has 0 unspecified atom stereocenters. The predicted molar refractivity (Wildman–Crippen MR) is 57.2 cm³/mol. The van der Waals surface area contributed by atoms with Gasteiger partial charge in [-0.15, -0.1) is 0 Å². The van der Waals surface area contributed by atoms with Crippen molar-refractivity contribution in [1.82, 2.24) is 0 Å². The molecule has 0 saturated carbocycles. The molecule has 0 saturated heterocycles. The summed E-state index contributed by atoms with van der Waals surface area (Å²) < 4.78 is 0. The third-order valence-electron chi connectivity index (χ3n) is 1.79. The maximum atomic E-state index is 3.80. The zero-order valence-corrected chi connectivity index (χ0v) is 8.56. The van der Waals surface area contributed by atoms with Crippen LogP contribution >= 0.6 is 0 Å². The third kappa shape index (κ3) is 7.33. The fourth-order valence-electron chi connectivity index (χ4n) is 0.855. The van der Waals surface area contributed by atoms with Crippen LogP contribution in [-0.2, 0) is 0 Å². The Hall–Kier alpha value is -0.780. The van der Waals surface area contributed by atoms with Crippen molar-refractivity contribution in [2.45, 2.75) is 40.0 Å². The summed E-state index contributed by atoms with van der Waals surface area (Å²) in [7, 11) is 0. The number of allylic oxidation sites excluding steroid dienone is 5. The molecule has 0 spiro atoms. The molecule has 0 aliphatic heterocycles. The van der Waals surface area contributed by atoms with Crippen LogP contribution in [0.5, 0.6) is 0 Å². The zero-order valence-electron chi connectivity index (χ0n) is 8.56. The van der Waals surface area contributed by atoms with Crippen LogP contribution in [0.15, 0.2) is 36.0 Å². The molecule has 0 heterocycles. The van der Waals surface area contributed by atoms with Gasteiger partial charge in [0.15, 0.2) is 0 Å². The molecule has 0 bridgehead atoms. The van der Waals surface area contributed by atoms with Gasteiger partial charge in [-0.05, 0) is 33.1 Å². The van der Waals surface area contributed by atoms with Gasteiger partial charge in [-0.3, -0.25) is 0 Å². The van der Waals surface area contributed by atoms with Crippen molar-refractivity contribution in [2.24, 2.45) is 0 Å².